The Balaban J connectivity index is 1.54. The van der Waals surface area contributed by atoms with Crippen molar-refractivity contribution in [2.45, 2.75) is 58.1 Å². The number of esters is 1. The average molecular weight is 315 g/mol. The number of likely N-dealkylation sites (tertiary alicyclic amines) is 1. The number of nitrogens with zero attached hydrogens (tertiary/aromatic N) is 1. The van der Waals surface area contributed by atoms with Gasteiger partial charge < -0.3 is 9.64 Å². The average Bonchev–Trinajstić information content (AvgIpc) is 2.92. The van der Waals surface area contributed by atoms with E-state index < -0.39 is 0 Å². The topological polar surface area (TPSA) is 46.6 Å². The predicted octanol–water partition coefficient (Wildman–Crippen LogP) is 3.22. The highest BCUT2D eigenvalue weighted by Gasteiger charge is 2.36. The maximum atomic E-state index is 12.3. The van der Waals surface area contributed by atoms with Crippen molar-refractivity contribution in [3.05, 3.63) is 35.4 Å². The van der Waals surface area contributed by atoms with Crippen LogP contribution in [0.1, 0.15) is 49.7 Å². The van der Waals surface area contributed by atoms with Gasteiger partial charge in [0.25, 0.3) is 0 Å². The quantitative estimate of drug-likeness (QED) is 0.802. The second-order valence-electron chi connectivity index (χ2n) is 6.86. The summed E-state index contributed by atoms with van der Waals surface area (Å²) >= 11 is 0. The molecule has 23 heavy (non-hydrogen) atoms. The molecule has 2 aliphatic rings. The van der Waals surface area contributed by atoms with Crippen molar-refractivity contribution >= 4 is 11.9 Å². The minimum Gasteiger partial charge on any atom is -0.462 e. The molecule has 1 aliphatic heterocycles. The van der Waals surface area contributed by atoms with Crippen molar-refractivity contribution in [3.63, 3.8) is 0 Å². The van der Waals surface area contributed by atoms with Crippen molar-refractivity contribution < 1.29 is 14.3 Å². The molecular formula is C19H25NO3. The molecule has 1 amide bonds. The Kier molecular flexibility index (Phi) is 4.99. The summed E-state index contributed by atoms with van der Waals surface area (Å²) in [6.07, 6.45) is 5.82. The Morgan fingerprint density at radius 3 is 2.57 bits per heavy atom. The first-order valence-corrected chi connectivity index (χ1v) is 8.65. The van der Waals surface area contributed by atoms with Gasteiger partial charge in [-0.15, -0.1) is 0 Å². The molecular weight excluding hydrogens is 290 g/mol. The third-order valence-corrected chi connectivity index (χ3v) is 4.88. The zero-order chi connectivity index (χ0) is 16.2. The molecule has 0 bridgehead atoms. The van der Waals surface area contributed by atoms with Crippen LogP contribution in [0.3, 0.4) is 0 Å². The highest BCUT2D eigenvalue weighted by atomic mass is 16.5. The number of aryl methyl sites for hydroxylation is 1. The van der Waals surface area contributed by atoms with Gasteiger partial charge in [0.1, 0.15) is 6.10 Å². The number of benzene rings is 1. The zero-order valence-electron chi connectivity index (χ0n) is 13.8. The van der Waals surface area contributed by atoms with Crippen LogP contribution < -0.4 is 0 Å². The van der Waals surface area contributed by atoms with Crippen molar-refractivity contribution in [1.82, 2.24) is 4.90 Å². The van der Waals surface area contributed by atoms with E-state index in [4.69, 9.17) is 4.74 Å². The summed E-state index contributed by atoms with van der Waals surface area (Å²) in [6.45, 7) is 3.10. The van der Waals surface area contributed by atoms with E-state index in [9.17, 15) is 9.59 Å². The SMILES string of the molecule is Cc1ccc(CN2CC(C(=O)OC3CCCCC3)CC2=O)cc1. The Morgan fingerprint density at radius 2 is 1.87 bits per heavy atom. The van der Waals surface area contributed by atoms with Crippen LogP contribution in [0.4, 0.5) is 0 Å². The Labute approximate surface area is 137 Å². The molecule has 1 saturated heterocycles. The van der Waals surface area contributed by atoms with Crippen molar-refractivity contribution in [2.75, 3.05) is 6.54 Å². The minimum absolute atomic E-state index is 0.0520. The van der Waals surface area contributed by atoms with E-state index in [0.717, 1.165) is 31.2 Å². The van der Waals surface area contributed by atoms with Crippen LogP contribution in [0.25, 0.3) is 0 Å². The molecule has 124 valence electrons. The third-order valence-electron chi connectivity index (χ3n) is 4.88. The largest absolute Gasteiger partial charge is 0.462 e. The molecule has 0 radical (unpaired) electrons. The molecule has 0 aromatic heterocycles. The maximum absolute atomic E-state index is 12.3. The fourth-order valence-corrected chi connectivity index (χ4v) is 3.44. The molecule has 4 heteroatoms. The van der Waals surface area contributed by atoms with Gasteiger partial charge in [-0.3, -0.25) is 9.59 Å². The van der Waals surface area contributed by atoms with Crippen molar-refractivity contribution in [3.8, 4) is 0 Å². The van der Waals surface area contributed by atoms with Gasteiger partial charge in [0.2, 0.25) is 5.91 Å². The van der Waals surface area contributed by atoms with Gasteiger partial charge in [-0.1, -0.05) is 36.2 Å². The lowest BCUT2D eigenvalue weighted by Crippen LogP contribution is -2.29. The van der Waals surface area contributed by atoms with Gasteiger partial charge in [-0.2, -0.15) is 0 Å². The molecule has 3 rings (SSSR count). The molecule has 0 spiro atoms. The lowest BCUT2D eigenvalue weighted by atomic mass is 9.97. The monoisotopic (exact) mass is 315 g/mol. The number of hydrogen-bond acceptors (Lipinski definition) is 3. The zero-order valence-corrected chi connectivity index (χ0v) is 13.8. The predicted molar refractivity (Wildman–Crippen MR) is 87.7 cm³/mol. The summed E-state index contributed by atoms with van der Waals surface area (Å²) in [5.41, 5.74) is 2.31. The maximum Gasteiger partial charge on any atom is 0.311 e. The van der Waals surface area contributed by atoms with E-state index in [0.29, 0.717) is 13.1 Å². The van der Waals surface area contributed by atoms with E-state index in [2.05, 4.69) is 0 Å². The lowest BCUT2D eigenvalue weighted by molar-refractivity contribution is -0.155. The second-order valence-corrected chi connectivity index (χ2v) is 6.86. The number of amides is 1. The van der Waals surface area contributed by atoms with E-state index in [1.54, 1.807) is 4.90 Å². The molecule has 4 nitrogen and oxygen atoms in total. The molecule has 0 N–H and O–H groups in total. The van der Waals surface area contributed by atoms with Crippen LogP contribution >= 0.6 is 0 Å². The van der Waals surface area contributed by atoms with Gasteiger partial charge in [-0.25, -0.2) is 0 Å². The first kappa shape index (κ1) is 16.0. The van der Waals surface area contributed by atoms with Gasteiger partial charge >= 0.3 is 5.97 Å². The Hall–Kier alpha value is -1.84. The highest BCUT2D eigenvalue weighted by Crippen LogP contribution is 2.25. The van der Waals surface area contributed by atoms with Crippen LogP contribution in [-0.2, 0) is 20.9 Å². The Bertz CT molecular complexity index is 560. The summed E-state index contributed by atoms with van der Waals surface area (Å²) in [5, 5.41) is 0. The fraction of sp³-hybridized carbons (Fsp3) is 0.579. The molecule has 1 saturated carbocycles. The second kappa shape index (κ2) is 7.16. The summed E-state index contributed by atoms with van der Waals surface area (Å²) < 4.78 is 5.62. The van der Waals surface area contributed by atoms with Crippen molar-refractivity contribution in [1.29, 1.82) is 0 Å². The number of ether oxygens (including phenoxy) is 1. The van der Waals surface area contributed by atoms with E-state index >= 15 is 0 Å². The van der Waals surface area contributed by atoms with E-state index in [1.165, 1.54) is 12.0 Å². The van der Waals surface area contributed by atoms with E-state index in [-0.39, 0.29) is 30.3 Å². The molecule has 1 atom stereocenters. The number of hydrogen-bond donors (Lipinski definition) is 0. The minimum atomic E-state index is -0.296. The molecule has 1 unspecified atom stereocenters. The summed E-state index contributed by atoms with van der Waals surface area (Å²) in [6, 6.07) is 8.17. The normalized spacial score (nSPS) is 22.4. The lowest BCUT2D eigenvalue weighted by Gasteiger charge is -2.23. The number of rotatable bonds is 4. The number of carbonyl (C=O) groups excluding carboxylic acids is 2. The third kappa shape index (κ3) is 4.12. The standard InChI is InChI=1S/C19H25NO3/c1-14-7-9-15(10-8-14)12-20-13-16(11-18(20)21)19(22)23-17-5-3-2-4-6-17/h7-10,16-17H,2-6,11-13H2,1H3. The first-order valence-electron chi connectivity index (χ1n) is 8.65. The Morgan fingerprint density at radius 1 is 1.17 bits per heavy atom. The van der Waals surface area contributed by atoms with Crippen LogP contribution in [0.5, 0.6) is 0 Å². The molecule has 1 aromatic carbocycles. The summed E-state index contributed by atoms with van der Waals surface area (Å²) in [5.74, 6) is -0.428. The fourth-order valence-electron chi connectivity index (χ4n) is 3.44. The molecule has 1 aromatic rings. The smallest absolute Gasteiger partial charge is 0.311 e. The van der Waals surface area contributed by atoms with Gasteiger partial charge in [0, 0.05) is 19.5 Å². The van der Waals surface area contributed by atoms with Crippen LogP contribution in [0.2, 0.25) is 0 Å². The number of carbonyl (C=O) groups is 2. The molecule has 1 aliphatic carbocycles. The summed E-state index contributed by atoms with van der Waals surface area (Å²) in [4.78, 5) is 26.2. The molecule has 2 fully saturated rings. The summed E-state index contributed by atoms with van der Waals surface area (Å²) in [7, 11) is 0. The molecule has 1 heterocycles. The van der Waals surface area contributed by atoms with Crippen LogP contribution in [0.15, 0.2) is 24.3 Å². The van der Waals surface area contributed by atoms with Gasteiger partial charge in [0.05, 0.1) is 5.92 Å². The van der Waals surface area contributed by atoms with Crippen LogP contribution in [-0.4, -0.2) is 29.4 Å². The first-order chi connectivity index (χ1) is 11.1. The van der Waals surface area contributed by atoms with Crippen molar-refractivity contribution in [2.24, 2.45) is 5.92 Å². The highest BCUT2D eigenvalue weighted by molar-refractivity contribution is 5.86. The van der Waals surface area contributed by atoms with Gasteiger partial charge in [0.15, 0.2) is 0 Å². The van der Waals surface area contributed by atoms with E-state index in [1.807, 2.05) is 31.2 Å². The van der Waals surface area contributed by atoms with Gasteiger partial charge in [-0.05, 0) is 38.2 Å². The van der Waals surface area contributed by atoms with Crippen LogP contribution in [0, 0.1) is 12.8 Å².